The summed E-state index contributed by atoms with van der Waals surface area (Å²) in [6, 6.07) is -0.0933. The van der Waals surface area contributed by atoms with Gasteiger partial charge in [-0.1, -0.05) is 12.2 Å². The molecule has 2 N–H and O–H groups in total. The second-order valence-electron chi connectivity index (χ2n) is 8.92. The predicted molar refractivity (Wildman–Crippen MR) is 109 cm³/mol. The molecule has 4 rings (SSSR count). The first-order chi connectivity index (χ1) is 14.8. The van der Waals surface area contributed by atoms with E-state index in [0.29, 0.717) is 51.5 Å². The molecule has 0 spiro atoms. The number of aliphatic imine (C=N–C) groups is 1. The Hall–Kier alpha value is -2.10. The van der Waals surface area contributed by atoms with Crippen LogP contribution in [0.4, 0.5) is 13.2 Å². The fourth-order valence-corrected chi connectivity index (χ4v) is 5.47. The van der Waals surface area contributed by atoms with Gasteiger partial charge in [0, 0.05) is 38.8 Å². The molecule has 7 nitrogen and oxygen atoms in total. The minimum atomic E-state index is -4.19. The van der Waals surface area contributed by atoms with Crippen molar-refractivity contribution in [3.8, 4) is 0 Å². The number of allylic oxidation sites excluding steroid dienone is 2. The van der Waals surface area contributed by atoms with Crippen molar-refractivity contribution >= 4 is 17.8 Å². The average molecular weight is 441 g/mol. The number of nitrogens with one attached hydrogen (secondary N) is 2. The van der Waals surface area contributed by atoms with Gasteiger partial charge in [-0.15, -0.1) is 0 Å². The van der Waals surface area contributed by atoms with E-state index in [4.69, 9.17) is 0 Å². The summed E-state index contributed by atoms with van der Waals surface area (Å²) in [5, 5.41) is 6.32. The molecule has 172 valence electrons. The van der Waals surface area contributed by atoms with Crippen molar-refractivity contribution in [1.82, 2.24) is 20.4 Å². The lowest BCUT2D eigenvalue weighted by atomic mass is 9.85. The summed E-state index contributed by atoms with van der Waals surface area (Å²) in [4.78, 5) is 32.7. The Morgan fingerprint density at radius 3 is 2.48 bits per heavy atom. The Balaban J connectivity index is 1.24. The molecule has 0 radical (unpaired) electrons. The van der Waals surface area contributed by atoms with Gasteiger partial charge in [-0.2, -0.15) is 13.2 Å². The minimum Gasteiger partial charge on any atom is -0.357 e. The number of hydrogen-bond donors (Lipinski definition) is 2. The molecule has 10 heteroatoms. The number of guanidine groups is 1. The van der Waals surface area contributed by atoms with Crippen LogP contribution >= 0.6 is 0 Å². The van der Waals surface area contributed by atoms with Crippen LogP contribution in [0.5, 0.6) is 0 Å². The predicted octanol–water partition coefficient (Wildman–Crippen LogP) is 1.38. The van der Waals surface area contributed by atoms with E-state index in [2.05, 4.69) is 27.8 Å². The topological polar surface area (TPSA) is 77.0 Å². The number of imide groups is 1. The van der Waals surface area contributed by atoms with Crippen LogP contribution in [0, 0.1) is 23.7 Å². The Bertz CT molecular complexity index is 739. The first-order valence-corrected chi connectivity index (χ1v) is 11.1. The number of nitrogens with zero attached hydrogens (tertiary/aromatic N) is 3. The number of hydrogen-bond acceptors (Lipinski definition) is 4. The van der Waals surface area contributed by atoms with E-state index in [-0.39, 0.29) is 41.5 Å². The smallest absolute Gasteiger partial charge is 0.357 e. The number of fused-ring (bicyclic) bond motifs is 5. The molecule has 31 heavy (non-hydrogen) atoms. The van der Waals surface area contributed by atoms with Gasteiger partial charge in [0.05, 0.1) is 18.4 Å². The number of carbonyl (C=O) groups excluding carboxylic acids is 2. The summed E-state index contributed by atoms with van der Waals surface area (Å²) in [6.07, 6.45) is 2.07. The van der Waals surface area contributed by atoms with Crippen molar-refractivity contribution in [2.45, 2.75) is 38.4 Å². The zero-order valence-electron chi connectivity index (χ0n) is 17.7. The van der Waals surface area contributed by atoms with Crippen LogP contribution in [0.15, 0.2) is 17.1 Å². The van der Waals surface area contributed by atoms with Gasteiger partial charge in [0.15, 0.2) is 5.96 Å². The Morgan fingerprint density at radius 1 is 1.19 bits per heavy atom. The van der Waals surface area contributed by atoms with Crippen molar-refractivity contribution in [2.75, 3.05) is 39.3 Å². The molecule has 5 unspecified atom stereocenters. The molecule has 2 saturated heterocycles. The molecular formula is C21H30F3N5O2. The highest BCUT2D eigenvalue weighted by Crippen LogP contribution is 2.52. The summed E-state index contributed by atoms with van der Waals surface area (Å²) in [5.74, 6) is 0.538. The number of halogens is 3. The molecule has 2 bridgehead atoms. The molecule has 0 aromatic heterocycles. The summed E-state index contributed by atoms with van der Waals surface area (Å²) < 4.78 is 37.7. The quantitative estimate of drug-likeness (QED) is 0.205. The molecule has 2 heterocycles. The SMILES string of the molecule is CCNC(=NCCCN1C(=O)C2C3C=CC(C3)C2C1=O)NC1CCN(CC(F)(F)F)C1. The van der Waals surface area contributed by atoms with Crippen molar-refractivity contribution in [2.24, 2.45) is 28.7 Å². The molecule has 3 fully saturated rings. The van der Waals surface area contributed by atoms with Crippen molar-refractivity contribution in [1.29, 1.82) is 0 Å². The van der Waals surface area contributed by atoms with Gasteiger partial charge >= 0.3 is 6.18 Å². The van der Waals surface area contributed by atoms with Gasteiger partial charge in [0.2, 0.25) is 11.8 Å². The molecular weight excluding hydrogens is 411 g/mol. The standard InChI is InChI=1S/C21H30F3N5O2/c1-2-25-20(27-15-6-9-28(11-15)12-21(22,23)24)26-7-3-8-29-18(30)16-13-4-5-14(10-13)17(16)19(29)31/h4-5,13-17H,2-3,6-12H2,1H3,(H2,25,26,27). The summed E-state index contributed by atoms with van der Waals surface area (Å²) in [7, 11) is 0. The molecule has 2 aliphatic heterocycles. The number of amides is 2. The van der Waals surface area contributed by atoms with Gasteiger partial charge < -0.3 is 10.6 Å². The van der Waals surface area contributed by atoms with E-state index in [1.54, 1.807) is 0 Å². The van der Waals surface area contributed by atoms with E-state index in [0.717, 1.165) is 6.42 Å². The van der Waals surface area contributed by atoms with Gasteiger partial charge in [-0.25, -0.2) is 0 Å². The maximum absolute atomic E-state index is 12.7. The third-order valence-corrected chi connectivity index (χ3v) is 6.73. The van der Waals surface area contributed by atoms with E-state index in [1.807, 2.05) is 6.92 Å². The van der Waals surface area contributed by atoms with Gasteiger partial charge in [-0.3, -0.25) is 24.4 Å². The lowest BCUT2D eigenvalue weighted by Crippen LogP contribution is -2.45. The molecule has 4 aliphatic rings. The van der Waals surface area contributed by atoms with Crippen LogP contribution in [0.3, 0.4) is 0 Å². The summed E-state index contributed by atoms with van der Waals surface area (Å²) >= 11 is 0. The monoisotopic (exact) mass is 441 g/mol. The lowest BCUT2D eigenvalue weighted by Gasteiger charge is -2.20. The van der Waals surface area contributed by atoms with E-state index in [1.165, 1.54) is 9.80 Å². The van der Waals surface area contributed by atoms with E-state index < -0.39 is 12.7 Å². The van der Waals surface area contributed by atoms with Crippen molar-refractivity contribution in [3.05, 3.63) is 12.2 Å². The number of alkyl halides is 3. The van der Waals surface area contributed by atoms with Crippen LogP contribution in [-0.4, -0.2) is 79.1 Å². The second kappa shape index (κ2) is 8.80. The largest absolute Gasteiger partial charge is 0.401 e. The number of likely N-dealkylation sites (tertiary alicyclic amines) is 2. The Morgan fingerprint density at radius 2 is 1.87 bits per heavy atom. The number of rotatable bonds is 7. The summed E-state index contributed by atoms with van der Waals surface area (Å²) in [5.41, 5.74) is 0. The molecule has 0 aromatic rings. The first kappa shape index (κ1) is 22.1. The normalized spacial score (nSPS) is 33.0. The first-order valence-electron chi connectivity index (χ1n) is 11.1. The fourth-order valence-electron chi connectivity index (χ4n) is 5.47. The number of carbonyl (C=O) groups is 2. The maximum Gasteiger partial charge on any atom is 0.401 e. The Labute approximate surface area is 180 Å². The third-order valence-electron chi connectivity index (χ3n) is 6.73. The Kier molecular flexibility index (Phi) is 6.27. The average Bonchev–Trinajstić information content (AvgIpc) is 3.45. The zero-order valence-corrected chi connectivity index (χ0v) is 17.7. The highest BCUT2D eigenvalue weighted by atomic mass is 19.4. The summed E-state index contributed by atoms with van der Waals surface area (Å²) in [6.45, 7) is 3.16. The molecule has 2 amide bonds. The highest BCUT2D eigenvalue weighted by Gasteiger charge is 2.58. The maximum atomic E-state index is 12.7. The molecule has 2 aliphatic carbocycles. The van der Waals surface area contributed by atoms with Crippen LogP contribution < -0.4 is 10.6 Å². The van der Waals surface area contributed by atoms with Crippen molar-refractivity contribution < 1.29 is 22.8 Å². The third kappa shape index (κ3) is 4.73. The molecule has 0 aromatic carbocycles. The fraction of sp³-hybridized carbons (Fsp3) is 0.762. The highest BCUT2D eigenvalue weighted by molar-refractivity contribution is 6.06. The van der Waals surface area contributed by atoms with Gasteiger partial charge in [-0.05, 0) is 38.0 Å². The van der Waals surface area contributed by atoms with E-state index in [9.17, 15) is 22.8 Å². The van der Waals surface area contributed by atoms with Crippen LogP contribution in [-0.2, 0) is 9.59 Å². The minimum absolute atomic E-state index is 0.0448. The lowest BCUT2D eigenvalue weighted by molar-refractivity contribution is -0.144. The van der Waals surface area contributed by atoms with Gasteiger partial charge in [0.1, 0.15) is 0 Å². The zero-order chi connectivity index (χ0) is 22.2. The van der Waals surface area contributed by atoms with Crippen molar-refractivity contribution in [3.63, 3.8) is 0 Å². The molecule has 1 saturated carbocycles. The van der Waals surface area contributed by atoms with E-state index >= 15 is 0 Å². The van der Waals surface area contributed by atoms with Crippen LogP contribution in [0.1, 0.15) is 26.2 Å². The van der Waals surface area contributed by atoms with Crippen LogP contribution in [0.2, 0.25) is 0 Å². The van der Waals surface area contributed by atoms with Crippen LogP contribution in [0.25, 0.3) is 0 Å². The van der Waals surface area contributed by atoms with Gasteiger partial charge in [0.25, 0.3) is 0 Å². The molecule has 5 atom stereocenters. The second-order valence-corrected chi connectivity index (χ2v) is 8.92.